The highest BCUT2D eigenvalue weighted by atomic mass is 19.1. The van der Waals surface area contributed by atoms with Gasteiger partial charge in [-0.15, -0.1) is 0 Å². The number of aliphatic hydroxyl groups is 1. The van der Waals surface area contributed by atoms with E-state index >= 15 is 0 Å². The van der Waals surface area contributed by atoms with Crippen molar-refractivity contribution in [2.45, 2.75) is 39.4 Å². The molecule has 0 aliphatic heterocycles. The molecule has 1 aromatic carbocycles. The van der Waals surface area contributed by atoms with Crippen LogP contribution in [0.3, 0.4) is 0 Å². The van der Waals surface area contributed by atoms with Crippen LogP contribution in [-0.4, -0.2) is 30.0 Å². The Hall–Kier alpha value is -1.20. The van der Waals surface area contributed by atoms with Crippen molar-refractivity contribution < 1.29 is 18.6 Å². The molecular weight excluding hydrogens is 252 g/mol. The van der Waals surface area contributed by atoms with Crippen LogP contribution in [0.4, 0.5) is 14.5 Å². The van der Waals surface area contributed by atoms with E-state index in [9.17, 15) is 13.9 Å². The molecule has 108 valence electrons. The topological polar surface area (TPSA) is 41.5 Å². The first-order chi connectivity index (χ1) is 8.69. The fourth-order valence-corrected chi connectivity index (χ4v) is 1.41. The molecular formula is C14H21F2NO2. The van der Waals surface area contributed by atoms with Gasteiger partial charge in [0.15, 0.2) is 0 Å². The molecule has 0 bridgehead atoms. The summed E-state index contributed by atoms with van der Waals surface area (Å²) < 4.78 is 32.2. The minimum atomic E-state index is -0.789. The van der Waals surface area contributed by atoms with Gasteiger partial charge >= 0.3 is 0 Å². The summed E-state index contributed by atoms with van der Waals surface area (Å²) in [5.74, 6) is -1.02. The van der Waals surface area contributed by atoms with Crippen LogP contribution in [-0.2, 0) is 4.74 Å². The summed E-state index contributed by atoms with van der Waals surface area (Å²) in [6, 6.07) is 2.21. The molecule has 0 amide bonds. The van der Waals surface area contributed by atoms with Gasteiger partial charge in [0.25, 0.3) is 0 Å². The summed E-state index contributed by atoms with van der Waals surface area (Å²) >= 11 is 0. The van der Waals surface area contributed by atoms with E-state index in [-0.39, 0.29) is 30.0 Å². The number of hydrogen-bond donors (Lipinski definition) is 2. The average molecular weight is 273 g/mol. The largest absolute Gasteiger partial charge is 0.389 e. The van der Waals surface area contributed by atoms with Crippen LogP contribution in [0.2, 0.25) is 0 Å². The quantitative estimate of drug-likeness (QED) is 0.866. The number of aliphatic hydroxyl groups excluding tert-OH is 1. The summed E-state index contributed by atoms with van der Waals surface area (Å²) in [5, 5.41) is 12.4. The van der Waals surface area contributed by atoms with Crippen LogP contribution < -0.4 is 5.32 Å². The highest BCUT2D eigenvalue weighted by molar-refractivity contribution is 5.46. The van der Waals surface area contributed by atoms with Crippen LogP contribution >= 0.6 is 0 Å². The third-order valence-corrected chi connectivity index (χ3v) is 2.49. The second-order valence-corrected chi connectivity index (χ2v) is 5.54. The van der Waals surface area contributed by atoms with Crippen LogP contribution in [0.25, 0.3) is 0 Å². The van der Waals surface area contributed by atoms with Crippen LogP contribution in [0, 0.1) is 18.6 Å². The van der Waals surface area contributed by atoms with Crippen molar-refractivity contribution in [1.82, 2.24) is 0 Å². The van der Waals surface area contributed by atoms with Crippen LogP contribution in [0.1, 0.15) is 26.3 Å². The Morgan fingerprint density at radius 1 is 1.26 bits per heavy atom. The Bertz CT molecular complexity index is 430. The molecule has 0 aliphatic carbocycles. The Labute approximate surface area is 112 Å². The molecule has 3 nitrogen and oxygen atoms in total. The molecule has 1 rings (SSSR count). The zero-order valence-corrected chi connectivity index (χ0v) is 11.8. The predicted octanol–water partition coefficient (Wildman–Crippen LogP) is 2.86. The zero-order valence-electron chi connectivity index (χ0n) is 11.8. The first kappa shape index (κ1) is 15.9. The molecule has 1 aromatic rings. The molecule has 1 unspecified atom stereocenters. The Balaban J connectivity index is 2.51. The van der Waals surface area contributed by atoms with E-state index in [1.165, 1.54) is 6.92 Å². The number of halogens is 2. The summed E-state index contributed by atoms with van der Waals surface area (Å²) in [6.07, 6.45) is -0.789. The highest BCUT2D eigenvalue weighted by Crippen LogP contribution is 2.18. The molecule has 0 saturated carbocycles. The van der Waals surface area contributed by atoms with Crippen molar-refractivity contribution in [3.05, 3.63) is 29.3 Å². The van der Waals surface area contributed by atoms with Crippen molar-refractivity contribution in [3.63, 3.8) is 0 Å². The lowest BCUT2D eigenvalue weighted by molar-refractivity contribution is -0.0449. The lowest BCUT2D eigenvalue weighted by Gasteiger charge is -2.22. The smallest absolute Gasteiger partial charge is 0.146 e. The second kappa shape index (κ2) is 6.30. The molecule has 0 fully saturated rings. The maximum atomic E-state index is 13.5. The van der Waals surface area contributed by atoms with Gasteiger partial charge < -0.3 is 15.2 Å². The molecule has 0 radical (unpaired) electrons. The molecule has 5 heteroatoms. The maximum absolute atomic E-state index is 13.5. The number of anilines is 1. The van der Waals surface area contributed by atoms with Gasteiger partial charge in [-0.05, 0) is 39.3 Å². The van der Waals surface area contributed by atoms with E-state index in [1.54, 1.807) is 0 Å². The zero-order chi connectivity index (χ0) is 14.6. The number of rotatable bonds is 5. The normalized spacial score (nSPS) is 13.4. The van der Waals surface area contributed by atoms with E-state index in [2.05, 4.69) is 5.32 Å². The van der Waals surface area contributed by atoms with Crippen LogP contribution in [0.5, 0.6) is 0 Å². The van der Waals surface area contributed by atoms with Gasteiger partial charge in [-0.1, -0.05) is 0 Å². The third-order valence-electron chi connectivity index (χ3n) is 2.49. The number of aryl methyl sites for hydroxylation is 1. The maximum Gasteiger partial charge on any atom is 0.146 e. The van der Waals surface area contributed by atoms with Crippen molar-refractivity contribution in [1.29, 1.82) is 0 Å². The standard InChI is InChI=1S/C14H21F2NO2/c1-9-5-12(16)13(6-11(9)15)17-7-10(18)8-19-14(2,3)4/h5-6,10,17-18H,7-8H2,1-4H3. The minimum Gasteiger partial charge on any atom is -0.389 e. The minimum absolute atomic E-state index is 0.0397. The van der Waals surface area contributed by atoms with Gasteiger partial charge in [0.05, 0.1) is 24.0 Å². The van der Waals surface area contributed by atoms with Crippen molar-refractivity contribution >= 4 is 5.69 Å². The molecule has 0 saturated heterocycles. The van der Waals surface area contributed by atoms with Gasteiger partial charge in [-0.3, -0.25) is 0 Å². The highest BCUT2D eigenvalue weighted by Gasteiger charge is 2.14. The average Bonchev–Trinajstić information content (AvgIpc) is 2.28. The fraction of sp³-hybridized carbons (Fsp3) is 0.571. The van der Waals surface area contributed by atoms with Crippen molar-refractivity contribution in [2.24, 2.45) is 0 Å². The molecule has 19 heavy (non-hydrogen) atoms. The number of hydrogen-bond acceptors (Lipinski definition) is 3. The Morgan fingerprint density at radius 2 is 1.89 bits per heavy atom. The molecule has 1 atom stereocenters. The van der Waals surface area contributed by atoms with Crippen LogP contribution in [0.15, 0.2) is 12.1 Å². The predicted molar refractivity (Wildman–Crippen MR) is 71.3 cm³/mol. The van der Waals surface area contributed by atoms with Crippen molar-refractivity contribution in [2.75, 3.05) is 18.5 Å². The third kappa shape index (κ3) is 5.53. The van der Waals surface area contributed by atoms with E-state index in [1.807, 2.05) is 20.8 Å². The number of ether oxygens (including phenoxy) is 1. The summed E-state index contributed by atoms with van der Waals surface area (Å²) in [7, 11) is 0. The second-order valence-electron chi connectivity index (χ2n) is 5.54. The fourth-order valence-electron chi connectivity index (χ4n) is 1.41. The van der Waals surface area contributed by atoms with E-state index in [4.69, 9.17) is 4.74 Å². The van der Waals surface area contributed by atoms with Gasteiger partial charge in [0.1, 0.15) is 11.6 Å². The van der Waals surface area contributed by atoms with Crippen molar-refractivity contribution in [3.8, 4) is 0 Å². The number of nitrogens with one attached hydrogen (secondary N) is 1. The Kier molecular flexibility index (Phi) is 5.26. The Morgan fingerprint density at radius 3 is 2.47 bits per heavy atom. The lowest BCUT2D eigenvalue weighted by atomic mass is 10.2. The molecule has 0 aliphatic rings. The lowest BCUT2D eigenvalue weighted by Crippen LogP contribution is -2.30. The monoisotopic (exact) mass is 273 g/mol. The van der Waals surface area contributed by atoms with E-state index in [0.717, 1.165) is 12.1 Å². The molecule has 2 N–H and O–H groups in total. The van der Waals surface area contributed by atoms with Gasteiger partial charge in [0, 0.05) is 12.6 Å². The number of benzene rings is 1. The van der Waals surface area contributed by atoms with Gasteiger partial charge in [-0.25, -0.2) is 8.78 Å². The molecule has 0 aromatic heterocycles. The van der Waals surface area contributed by atoms with Gasteiger partial charge in [0.2, 0.25) is 0 Å². The van der Waals surface area contributed by atoms with E-state index < -0.39 is 17.7 Å². The summed E-state index contributed by atoms with van der Waals surface area (Å²) in [5.41, 5.74) is -0.0556. The summed E-state index contributed by atoms with van der Waals surface area (Å²) in [4.78, 5) is 0. The first-order valence-electron chi connectivity index (χ1n) is 6.20. The van der Waals surface area contributed by atoms with Gasteiger partial charge in [-0.2, -0.15) is 0 Å². The first-order valence-corrected chi connectivity index (χ1v) is 6.20. The summed E-state index contributed by atoms with van der Waals surface area (Å²) in [6.45, 7) is 7.35. The molecule has 0 spiro atoms. The SMILES string of the molecule is Cc1cc(F)c(NCC(O)COC(C)(C)C)cc1F. The van der Waals surface area contributed by atoms with E-state index in [0.29, 0.717) is 0 Å². The molecule has 0 heterocycles.